The van der Waals surface area contributed by atoms with Crippen LogP contribution in [0.4, 0.5) is 0 Å². The average Bonchev–Trinajstić information content (AvgIpc) is 2.19. The van der Waals surface area contributed by atoms with E-state index in [2.05, 4.69) is 52.1 Å². The molecule has 0 heterocycles. The van der Waals surface area contributed by atoms with Crippen molar-refractivity contribution in [3.63, 3.8) is 0 Å². The molecule has 0 aromatic heterocycles. The Bertz CT molecular complexity index is 187. The molecule has 3 N–H and O–H groups in total. The van der Waals surface area contributed by atoms with Crippen molar-refractivity contribution >= 4 is 0 Å². The normalized spacial score (nSPS) is 10.5. The second kappa shape index (κ2) is 14.4. The minimum atomic E-state index is 0.667. The molecule has 0 saturated carbocycles. The second-order valence-electron chi connectivity index (χ2n) is 4.06. The summed E-state index contributed by atoms with van der Waals surface area (Å²) >= 11 is 0. The van der Waals surface area contributed by atoms with Gasteiger partial charge in [-0.2, -0.15) is 0 Å². The van der Waals surface area contributed by atoms with E-state index in [0.717, 1.165) is 25.9 Å². The lowest BCUT2D eigenvalue weighted by Crippen LogP contribution is -2.09. The summed E-state index contributed by atoms with van der Waals surface area (Å²) in [5.41, 5.74) is 8.16. The van der Waals surface area contributed by atoms with Crippen LogP contribution < -0.4 is 11.1 Å². The van der Waals surface area contributed by atoms with E-state index in [1.54, 1.807) is 0 Å². The fourth-order valence-electron chi connectivity index (χ4n) is 1.14. The van der Waals surface area contributed by atoms with Crippen LogP contribution in [0.15, 0.2) is 23.3 Å². The zero-order valence-electron chi connectivity index (χ0n) is 11.8. The third kappa shape index (κ3) is 19.0. The van der Waals surface area contributed by atoms with Crippen LogP contribution >= 0.6 is 0 Å². The van der Waals surface area contributed by atoms with E-state index >= 15 is 0 Å². The Labute approximate surface area is 102 Å². The molecule has 2 nitrogen and oxygen atoms in total. The first-order chi connectivity index (χ1) is 7.58. The summed E-state index contributed by atoms with van der Waals surface area (Å²) < 4.78 is 0. The number of nitrogens with two attached hydrogens (primary N) is 1. The van der Waals surface area contributed by atoms with Gasteiger partial charge in [0, 0.05) is 6.54 Å². The van der Waals surface area contributed by atoms with Crippen molar-refractivity contribution in [2.75, 3.05) is 19.6 Å². The molecule has 0 rings (SSSR count). The topological polar surface area (TPSA) is 38.0 Å². The molecule has 0 aliphatic carbocycles. The Morgan fingerprint density at radius 2 is 1.62 bits per heavy atom. The first-order valence-corrected chi connectivity index (χ1v) is 6.28. The van der Waals surface area contributed by atoms with Crippen LogP contribution in [0.25, 0.3) is 0 Å². The molecule has 0 aliphatic heterocycles. The quantitative estimate of drug-likeness (QED) is 0.682. The van der Waals surface area contributed by atoms with Crippen LogP contribution in [0, 0.1) is 0 Å². The fraction of sp³-hybridized carbons (Fsp3) is 0.714. The summed E-state index contributed by atoms with van der Waals surface area (Å²) in [5.74, 6) is 0. The maximum absolute atomic E-state index is 5.37. The number of rotatable bonds is 6. The molecule has 0 bridgehead atoms. The second-order valence-corrected chi connectivity index (χ2v) is 4.06. The third-order valence-corrected chi connectivity index (χ3v) is 2.06. The van der Waals surface area contributed by atoms with Crippen LogP contribution in [0.1, 0.15) is 47.5 Å². The van der Waals surface area contributed by atoms with Crippen LogP contribution in [0.5, 0.6) is 0 Å². The fourth-order valence-corrected chi connectivity index (χ4v) is 1.14. The summed E-state index contributed by atoms with van der Waals surface area (Å²) in [4.78, 5) is 0. The van der Waals surface area contributed by atoms with Gasteiger partial charge in [0.1, 0.15) is 0 Å². The van der Waals surface area contributed by atoms with Gasteiger partial charge in [-0.15, -0.1) is 0 Å². The maximum Gasteiger partial charge on any atom is 0.0109 e. The zero-order valence-corrected chi connectivity index (χ0v) is 11.8. The van der Waals surface area contributed by atoms with Gasteiger partial charge in [0.15, 0.2) is 0 Å². The average molecular weight is 226 g/mol. The molecular formula is C14H30N2. The molecule has 0 aromatic carbocycles. The molecular weight excluding hydrogens is 196 g/mol. The third-order valence-electron chi connectivity index (χ3n) is 2.06. The Morgan fingerprint density at radius 3 is 1.94 bits per heavy atom. The molecule has 0 saturated heterocycles. The predicted octanol–water partition coefficient (Wildman–Crippen LogP) is 3.25. The van der Waals surface area contributed by atoms with Crippen LogP contribution in [-0.2, 0) is 0 Å². The summed E-state index contributed by atoms with van der Waals surface area (Å²) in [6.07, 6.45) is 6.62. The maximum atomic E-state index is 5.37. The largest absolute Gasteiger partial charge is 0.327 e. The van der Waals surface area contributed by atoms with Crippen molar-refractivity contribution in [2.24, 2.45) is 5.73 Å². The highest BCUT2D eigenvalue weighted by Gasteiger charge is 1.86. The Hall–Kier alpha value is -0.600. The van der Waals surface area contributed by atoms with E-state index < -0.39 is 0 Å². The van der Waals surface area contributed by atoms with Gasteiger partial charge >= 0.3 is 0 Å². The van der Waals surface area contributed by atoms with Crippen molar-refractivity contribution in [1.29, 1.82) is 0 Å². The number of nitrogens with one attached hydrogen (secondary N) is 1. The smallest absolute Gasteiger partial charge is 0.0109 e. The first-order valence-electron chi connectivity index (χ1n) is 6.28. The SMILES string of the molecule is CC(C)=CCC/C(C)=C/CN.CCNCC. The lowest BCUT2D eigenvalue weighted by Gasteiger charge is -1.96. The highest BCUT2D eigenvalue weighted by molar-refractivity contribution is 5.02. The Morgan fingerprint density at radius 1 is 1.06 bits per heavy atom. The molecule has 0 aromatic rings. The van der Waals surface area contributed by atoms with Crippen LogP contribution in [-0.4, -0.2) is 19.6 Å². The molecule has 96 valence electrons. The summed E-state index contributed by atoms with van der Waals surface area (Å²) in [7, 11) is 0. The van der Waals surface area contributed by atoms with Crippen LogP contribution in [0.3, 0.4) is 0 Å². The molecule has 16 heavy (non-hydrogen) atoms. The molecule has 0 atom stereocenters. The monoisotopic (exact) mass is 226 g/mol. The molecule has 0 fully saturated rings. The van der Waals surface area contributed by atoms with Gasteiger partial charge in [0.05, 0.1) is 0 Å². The highest BCUT2D eigenvalue weighted by Crippen LogP contribution is 2.05. The number of hydrogen-bond acceptors (Lipinski definition) is 2. The van der Waals surface area contributed by atoms with Crippen molar-refractivity contribution in [1.82, 2.24) is 5.32 Å². The van der Waals surface area contributed by atoms with Crippen molar-refractivity contribution < 1.29 is 0 Å². The van der Waals surface area contributed by atoms with Crippen molar-refractivity contribution in [3.05, 3.63) is 23.3 Å². The lowest BCUT2D eigenvalue weighted by atomic mass is 10.1. The molecule has 0 amide bonds. The minimum absolute atomic E-state index is 0.667. The van der Waals surface area contributed by atoms with Gasteiger partial charge in [-0.05, 0) is 46.7 Å². The molecule has 0 radical (unpaired) electrons. The van der Waals surface area contributed by atoms with E-state index in [1.807, 2.05) is 0 Å². The van der Waals surface area contributed by atoms with E-state index in [9.17, 15) is 0 Å². The van der Waals surface area contributed by atoms with E-state index in [4.69, 9.17) is 5.73 Å². The zero-order chi connectivity index (χ0) is 12.8. The summed E-state index contributed by atoms with van der Waals surface area (Å²) in [5, 5.41) is 3.11. The standard InChI is InChI=1S/C10H19N.C4H11N/c1-9(2)5-4-6-10(3)7-8-11;1-3-5-4-2/h5,7H,4,6,8,11H2,1-3H3;5H,3-4H2,1-2H3/b10-7+;. The van der Waals surface area contributed by atoms with Gasteiger partial charge in [0.2, 0.25) is 0 Å². The van der Waals surface area contributed by atoms with Crippen LogP contribution in [0.2, 0.25) is 0 Å². The van der Waals surface area contributed by atoms with Gasteiger partial charge < -0.3 is 11.1 Å². The molecule has 0 spiro atoms. The highest BCUT2D eigenvalue weighted by atomic mass is 14.8. The molecule has 0 unspecified atom stereocenters. The number of hydrogen-bond donors (Lipinski definition) is 2. The minimum Gasteiger partial charge on any atom is -0.327 e. The Balaban J connectivity index is 0. The first kappa shape index (κ1) is 17.8. The molecule has 2 heteroatoms. The predicted molar refractivity (Wildman–Crippen MR) is 75.7 cm³/mol. The van der Waals surface area contributed by atoms with Gasteiger partial charge in [-0.25, -0.2) is 0 Å². The van der Waals surface area contributed by atoms with Crippen molar-refractivity contribution in [3.8, 4) is 0 Å². The van der Waals surface area contributed by atoms with E-state index in [0.29, 0.717) is 6.54 Å². The lowest BCUT2D eigenvalue weighted by molar-refractivity contribution is 0.762. The number of allylic oxidation sites excluding steroid dienone is 3. The van der Waals surface area contributed by atoms with Gasteiger partial charge in [-0.1, -0.05) is 37.1 Å². The summed E-state index contributed by atoms with van der Waals surface area (Å²) in [6.45, 7) is 13.4. The van der Waals surface area contributed by atoms with E-state index in [-0.39, 0.29) is 0 Å². The summed E-state index contributed by atoms with van der Waals surface area (Å²) in [6, 6.07) is 0. The Kier molecular flexibility index (Phi) is 16.0. The van der Waals surface area contributed by atoms with Crippen molar-refractivity contribution in [2.45, 2.75) is 47.5 Å². The molecule has 0 aliphatic rings. The van der Waals surface area contributed by atoms with Gasteiger partial charge in [0.25, 0.3) is 0 Å². The van der Waals surface area contributed by atoms with E-state index in [1.165, 1.54) is 11.1 Å². The van der Waals surface area contributed by atoms with Gasteiger partial charge in [-0.3, -0.25) is 0 Å².